The van der Waals surface area contributed by atoms with Gasteiger partial charge < -0.3 is 5.32 Å². The molecule has 1 atom stereocenters. The third-order valence-electron chi connectivity index (χ3n) is 3.07. The van der Waals surface area contributed by atoms with Crippen LogP contribution in [0.5, 0.6) is 0 Å². The molecule has 1 aromatic heterocycles. The molecule has 1 unspecified atom stereocenters. The second-order valence-corrected chi connectivity index (χ2v) is 5.03. The van der Waals surface area contributed by atoms with Crippen molar-refractivity contribution in [1.29, 1.82) is 0 Å². The summed E-state index contributed by atoms with van der Waals surface area (Å²) in [6, 6.07) is 2.18. The van der Waals surface area contributed by atoms with Crippen molar-refractivity contribution < 1.29 is 4.79 Å². The highest BCUT2D eigenvalue weighted by Crippen LogP contribution is 2.13. The molecular weight excluding hydrogens is 220 g/mol. The molecule has 2 rings (SSSR count). The first-order chi connectivity index (χ1) is 7.77. The zero-order chi connectivity index (χ0) is 11.4. The Morgan fingerprint density at radius 1 is 1.56 bits per heavy atom. The topological polar surface area (TPSA) is 32.3 Å². The van der Waals surface area contributed by atoms with Crippen LogP contribution in [0.3, 0.4) is 0 Å². The van der Waals surface area contributed by atoms with E-state index in [1.807, 2.05) is 0 Å². The number of thiophene rings is 1. The fraction of sp³-hybridized carbons (Fsp3) is 0.583. The number of Topliss-reactive ketones (excluding diaryl/α,β-unsaturated/α-hetero) is 1. The largest absolute Gasteiger partial charge is 0.314 e. The molecule has 1 saturated heterocycles. The van der Waals surface area contributed by atoms with Gasteiger partial charge in [-0.2, -0.15) is 11.3 Å². The van der Waals surface area contributed by atoms with Crippen LogP contribution in [0.25, 0.3) is 0 Å². The quantitative estimate of drug-likeness (QED) is 0.854. The van der Waals surface area contributed by atoms with E-state index in [0.717, 1.165) is 32.6 Å². The van der Waals surface area contributed by atoms with Crippen molar-refractivity contribution in [2.24, 2.45) is 0 Å². The maximum absolute atomic E-state index is 11.7. The standard InChI is InChI=1S/C12H18N2OS/c1-10(15)12(8-11-2-7-16-9-11)14-5-3-13-4-6-14/h2,7,9,12-13H,3-6,8H2,1H3. The molecule has 88 valence electrons. The normalized spacial score (nSPS) is 19.6. The molecule has 0 saturated carbocycles. The molecule has 0 aliphatic carbocycles. The molecule has 1 aliphatic heterocycles. The van der Waals surface area contributed by atoms with E-state index in [0.29, 0.717) is 0 Å². The summed E-state index contributed by atoms with van der Waals surface area (Å²) in [5.41, 5.74) is 1.28. The van der Waals surface area contributed by atoms with E-state index in [1.54, 1.807) is 18.3 Å². The minimum absolute atomic E-state index is 0.0664. The maximum Gasteiger partial charge on any atom is 0.147 e. The van der Waals surface area contributed by atoms with E-state index in [1.165, 1.54) is 5.56 Å². The highest BCUT2D eigenvalue weighted by atomic mass is 32.1. The summed E-state index contributed by atoms with van der Waals surface area (Å²) < 4.78 is 0. The number of ketones is 1. The number of carbonyl (C=O) groups excluding carboxylic acids is 1. The Labute approximate surface area is 100 Å². The molecule has 0 bridgehead atoms. The van der Waals surface area contributed by atoms with Gasteiger partial charge in [-0.25, -0.2) is 0 Å². The Kier molecular flexibility index (Phi) is 4.09. The summed E-state index contributed by atoms with van der Waals surface area (Å²) in [6.07, 6.45) is 0.860. The lowest BCUT2D eigenvalue weighted by Gasteiger charge is -2.33. The van der Waals surface area contributed by atoms with Crippen molar-refractivity contribution in [3.8, 4) is 0 Å². The van der Waals surface area contributed by atoms with E-state index in [-0.39, 0.29) is 11.8 Å². The van der Waals surface area contributed by atoms with Crippen LogP contribution < -0.4 is 5.32 Å². The van der Waals surface area contributed by atoms with Crippen molar-refractivity contribution >= 4 is 17.1 Å². The molecule has 1 N–H and O–H groups in total. The molecule has 1 aromatic rings. The van der Waals surface area contributed by atoms with Gasteiger partial charge in [-0.3, -0.25) is 9.69 Å². The molecule has 4 heteroatoms. The fourth-order valence-electron chi connectivity index (χ4n) is 2.16. The monoisotopic (exact) mass is 238 g/mol. The van der Waals surface area contributed by atoms with Gasteiger partial charge in [0.1, 0.15) is 5.78 Å². The van der Waals surface area contributed by atoms with Gasteiger partial charge in [0.15, 0.2) is 0 Å². The van der Waals surface area contributed by atoms with Crippen LogP contribution in [-0.2, 0) is 11.2 Å². The average molecular weight is 238 g/mol. The van der Waals surface area contributed by atoms with Crippen LogP contribution in [0, 0.1) is 0 Å². The van der Waals surface area contributed by atoms with Gasteiger partial charge in [0.2, 0.25) is 0 Å². The van der Waals surface area contributed by atoms with Crippen LogP contribution in [0.15, 0.2) is 16.8 Å². The summed E-state index contributed by atoms with van der Waals surface area (Å²) in [5.74, 6) is 0.285. The Balaban J connectivity index is 2.01. The van der Waals surface area contributed by atoms with Crippen molar-refractivity contribution in [3.63, 3.8) is 0 Å². The van der Waals surface area contributed by atoms with Crippen molar-refractivity contribution in [2.45, 2.75) is 19.4 Å². The highest BCUT2D eigenvalue weighted by Gasteiger charge is 2.24. The Morgan fingerprint density at radius 2 is 2.31 bits per heavy atom. The fourth-order valence-corrected chi connectivity index (χ4v) is 2.84. The molecule has 0 aromatic carbocycles. The maximum atomic E-state index is 11.7. The first-order valence-corrected chi connectivity index (χ1v) is 6.68. The van der Waals surface area contributed by atoms with Crippen LogP contribution >= 0.6 is 11.3 Å². The SMILES string of the molecule is CC(=O)C(Cc1ccsc1)N1CCNCC1. The second-order valence-electron chi connectivity index (χ2n) is 4.25. The predicted molar refractivity (Wildman–Crippen MR) is 66.9 cm³/mol. The lowest BCUT2D eigenvalue weighted by molar-refractivity contribution is -0.122. The minimum Gasteiger partial charge on any atom is -0.314 e. The molecule has 0 amide bonds. The number of carbonyl (C=O) groups is 1. The number of rotatable bonds is 4. The van der Waals surface area contributed by atoms with E-state index in [4.69, 9.17) is 0 Å². The second kappa shape index (κ2) is 5.57. The van der Waals surface area contributed by atoms with Crippen molar-refractivity contribution in [1.82, 2.24) is 10.2 Å². The van der Waals surface area contributed by atoms with Gasteiger partial charge in [-0.15, -0.1) is 0 Å². The highest BCUT2D eigenvalue weighted by molar-refractivity contribution is 7.07. The smallest absolute Gasteiger partial charge is 0.147 e. The lowest BCUT2D eigenvalue weighted by atomic mass is 10.0. The summed E-state index contributed by atoms with van der Waals surface area (Å²) in [5, 5.41) is 7.53. The molecule has 16 heavy (non-hydrogen) atoms. The molecule has 0 radical (unpaired) electrons. The molecule has 1 fully saturated rings. The number of hydrogen-bond donors (Lipinski definition) is 1. The summed E-state index contributed by atoms with van der Waals surface area (Å²) in [7, 11) is 0. The van der Waals surface area contributed by atoms with Gasteiger partial charge in [-0.1, -0.05) is 0 Å². The van der Waals surface area contributed by atoms with E-state index >= 15 is 0 Å². The Morgan fingerprint density at radius 3 is 2.88 bits per heavy atom. The van der Waals surface area contributed by atoms with Crippen LogP contribution in [0.2, 0.25) is 0 Å². The van der Waals surface area contributed by atoms with Crippen LogP contribution in [0.4, 0.5) is 0 Å². The third-order valence-corrected chi connectivity index (χ3v) is 3.80. The zero-order valence-corrected chi connectivity index (χ0v) is 10.4. The van der Waals surface area contributed by atoms with Crippen LogP contribution in [0.1, 0.15) is 12.5 Å². The molecule has 1 aliphatic rings. The first-order valence-electron chi connectivity index (χ1n) is 5.73. The molecular formula is C12H18N2OS. The summed E-state index contributed by atoms with van der Waals surface area (Å²) >= 11 is 1.70. The Bertz CT molecular complexity index is 331. The molecule has 3 nitrogen and oxygen atoms in total. The van der Waals surface area contributed by atoms with E-state index < -0.39 is 0 Å². The first kappa shape index (κ1) is 11.8. The van der Waals surface area contributed by atoms with Crippen molar-refractivity contribution in [3.05, 3.63) is 22.4 Å². The van der Waals surface area contributed by atoms with Gasteiger partial charge in [0.05, 0.1) is 6.04 Å². The average Bonchev–Trinajstić information content (AvgIpc) is 2.79. The number of hydrogen-bond acceptors (Lipinski definition) is 4. The third kappa shape index (κ3) is 2.90. The Hall–Kier alpha value is -0.710. The molecule has 0 spiro atoms. The van der Waals surface area contributed by atoms with Gasteiger partial charge >= 0.3 is 0 Å². The number of piperazine rings is 1. The van der Waals surface area contributed by atoms with E-state index in [9.17, 15) is 4.79 Å². The van der Waals surface area contributed by atoms with Crippen molar-refractivity contribution in [2.75, 3.05) is 26.2 Å². The van der Waals surface area contributed by atoms with Gasteiger partial charge in [0, 0.05) is 26.2 Å². The lowest BCUT2D eigenvalue weighted by Crippen LogP contribution is -2.51. The van der Waals surface area contributed by atoms with Crippen LogP contribution in [-0.4, -0.2) is 42.9 Å². The number of nitrogens with one attached hydrogen (secondary N) is 1. The minimum atomic E-state index is 0.0664. The van der Waals surface area contributed by atoms with Gasteiger partial charge in [-0.05, 0) is 35.7 Å². The van der Waals surface area contributed by atoms with Gasteiger partial charge in [0.25, 0.3) is 0 Å². The zero-order valence-electron chi connectivity index (χ0n) is 9.61. The molecule has 2 heterocycles. The predicted octanol–water partition coefficient (Wildman–Crippen LogP) is 1.15. The number of nitrogens with zero attached hydrogens (tertiary/aromatic N) is 1. The van der Waals surface area contributed by atoms with E-state index in [2.05, 4.69) is 27.0 Å². The summed E-state index contributed by atoms with van der Waals surface area (Å²) in [4.78, 5) is 14.0. The summed E-state index contributed by atoms with van der Waals surface area (Å²) in [6.45, 7) is 5.66.